The summed E-state index contributed by atoms with van der Waals surface area (Å²) in [5.41, 5.74) is 7.04. The van der Waals surface area contributed by atoms with E-state index in [2.05, 4.69) is 32.0 Å². The molecular formula is C14H22ClNO. The average molecular weight is 256 g/mol. The van der Waals surface area contributed by atoms with Crippen LogP contribution in [0.2, 0.25) is 0 Å². The van der Waals surface area contributed by atoms with Crippen LogP contribution in [0.1, 0.15) is 31.7 Å². The van der Waals surface area contributed by atoms with Crippen LogP contribution in [0.4, 0.5) is 0 Å². The third kappa shape index (κ3) is 3.62. The van der Waals surface area contributed by atoms with Crippen molar-refractivity contribution in [2.75, 3.05) is 13.2 Å². The van der Waals surface area contributed by atoms with Crippen LogP contribution in [0, 0.1) is 11.8 Å². The SMILES string of the molecule is CC(C)COc1ccccc1[C@H]1C[C@@H]1CN.Cl. The summed E-state index contributed by atoms with van der Waals surface area (Å²) in [5.74, 6) is 2.92. The summed E-state index contributed by atoms with van der Waals surface area (Å²) in [6.07, 6.45) is 1.22. The lowest BCUT2D eigenvalue weighted by atomic mass is 10.1. The van der Waals surface area contributed by atoms with E-state index in [9.17, 15) is 0 Å². The van der Waals surface area contributed by atoms with Crippen LogP contribution in [0.15, 0.2) is 24.3 Å². The Morgan fingerprint density at radius 2 is 2.06 bits per heavy atom. The number of nitrogens with two attached hydrogens (primary N) is 1. The molecule has 0 heterocycles. The fourth-order valence-electron chi connectivity index (χ4n) is 2.06. The summed E-state index contributed by atoms with van der Waals surface area (Å²) in [6.45, 7) is 5.92. The highest BCUT2D eigenvalue weighted by atomic mass is 35.5. The molecule has 0 aromatic heterocycles. The smallest absolute Gasteiger partial charge is 0.122 e. The van der Waals surface area contributed by atoms with Crippen LogP contribution < -0.4 is 10.5 Å². The van der Waals surface area contributed by atoms with Gasteiger partial charge in [-0.1, -0.05) is 32.0 Å². The molecule has 0 spiro atoms. The van der Waals surface area contributed by atoms with Crippen molar-refractivity contribution in [3.8, 4) is 5.75 Å². The largest absolute Gasteiger partial charge is 0.493 e. The standard InChI is InChI=1S/C14H21NO.ClH/c1-10(2)9-16-14-6-4-3-5-12(14)13-7-11(13)8-15;/h3-6,10-11,13H,7-9,15H2,1-2H3;1H/t11-,13+;/m1./s1. The Labute approximate surface area is 110 Å². The van der Waals surface area contributed by atoms with E-state index in [4.69, 9.17) is 10.5 Å². The van der Waals surface area contributed by atoms with Crippen molar-refractivity contribution >= 4 is 12.4 Å². The number of hydrogen-bond acceptors (Lipinski definition) is 2. The summed E-state index contributed by atoms with van der Waals surface area (Å²) in [6, 6.07) is 8.38. The van der Waals surface area contributed by atoms with Gasteiger partial charge in [-0.05, 0) is 42.3 Å². The van der Waals surface area contributed by atoms with E-state index in [1.54, 1.807) is 0 Å². The van der Waals surface area contributed by atoms with E-state index in [0.717, 1.165) is 18.9 Å². The predicted octanol–water partition coefficient (Wildman–Crippen LogP) is 3.21. The molecule has 96 valence electrons. The van der Waals surface area contributed by atoms with Crippen LogP contribution in [-0.2, 0) is 0 Å². The Bertz CT molecular complexity index is 354. The van der Waals surface area contributed by atoms with Gasteiger partial charge in [0, 0.05) is 0 Å². The molecule has 2 N–H and O–H groups in total. The molecule has 0 aliphatic heterocycles. The van der Waals surface area contributed by atoms with Crippen molar-refractivity contribution in [3.63, 3.8) is 0 Å². The van der Waals surface area contributed by atoms with Gasteiger partial charge in [0.1, 0.15) is 5.75 Å². The number of hydrogen-bond donors (Lipinski definition) is 1. The van der Waals surface area contributed by atoms with Crippen molar-refractivity contribution in [3.05, 3.63) is 29.8 Å². The zero-order valence-electron chi connectivity index (χ0n) is 10.6. The van der Waals surface area contributed by atoms with Crippen molar-refractivity contribution in [1.82, 2.24) is 0 Å². The Balaban J connectivity index is 0.00000144. The fourth-order valence-corrected chi connectivity index (χ4v) is 2.06. The topological polar surface area (TPSA) is 35.2 Å². The van der Waals surface area contributed by atoms with Gasteiger partial charge in [0.15, 0.2) is 0 Å². The molecule has 1 aromatic rings. The molecule has 0 amide bonds. The van der Waals surface area contributed by atoms with E-state index in [-0.39, 0.29) is 12.4 Å². The normalized spacial score (nSPS) is 22.1. The minimum Gasteiger partial charge on any atom is -0.493 e. The minimum absolute atomic E-state index is 0. The van der Waals surface area contributed by atoms with E-state index in [0.29, 0.717) is 17.8 Å². The highest BCUT2D eigenvalue weighted by Gasteiger charge is 2.38. The summed E-state index contributed by atoms with van der Waals surface area (Å²) < 4.78 is 5.85. The first-order valence-corrected chi connectivity index (χ1v) is 6.14. The van der Waals surface area contributed by atoms with Gasteiger partial charge in [-0.25, -0.2) is 0 Å². The van der Waals surface area contributed by atoms with E-state index >= 15 is 0 Å². The van der Waals surface area contributed by atoms with Crippen LogP contribution in [0.3, 0.4) is 0 Å². The lowest BCUT2D eigenvalue weighted by Gasteiger charge is -2.12. The molecule has 2 atom stereocenters. The maximum atomic E-state index is 5.85. The van der Waals surface area contributed by atoms with Crippen LogP contribution >= 0.6 is 12.4 Å². The molecule has 1 aliphatic carbocycles. The molecular weight excluding hydrogens is 234 g/mol. The maximum Gasteiger partial charge on any atom is 0.122 e. The number of ether oxygens (including phenoxy) is 1. The van der Waals surface area contributed by atoms with Gasteiger partial charge in [0.05, 0.1) is 6.61 Å². The van der Waals surface area contributed by atoms with E-state index in [1.807, 2.05) is 6.07 Å². The second-order valence-corrected chi connectivity index (χ2v) is 5.08. The third-order valence-corrected chi connectivity index (χ3v) is 3.12. The molecule has 3 heteroatoms. The summed E-state index contributed by atoms with van der Waals surface area (Å²) >= 11 is 0. The molecule has 0 unspecified atom stereocenters. The lowest BCUT2D eigenvalue weighted by Crippen LogP contribution is -2.07. The molecule has 1 fully saturated rings. The van der Waals surface area contributed by atoms with Gasteiger partial charge in [-0.2, -0.15) is 0 Å². The number of para-hydroxylation sites is 1. The first-order valence-electron chi connectivity index (χ1n) is 6.14. The summed E-state index contributed by atoms with van der Waals surface area (Å²) in [7, 11) is 0. The highest BCUT2D eigenvalue weighted by Crippen LogP contribution is 2.49. The van der Waals surface area contributed by atoms with Gasteiger partial charge in [0.2, 0.25) is 0 Å². The minimum atomic E-state index is 0. The van der Waals surface area contributed by atoms with Crippen molar-refractivity contribution < 1.29 is 4.74 Å². The molecule has 1 saturated carbocycles. The first kappa shape index (κ1) is 14.3. The lowest BCUT2D eigenvalue weighted by molar-refractivity contribution is 0.268. The van der Waals surface area contributed by atoms with Crippen molar-refractivity contribution in [2.24, 2.45) is 17.6 Å². The Morgan fingerprint density at radius 3 is 2.65 bits per heavy atom. The number of halogens is 1. The summed E-state index contributed by atoms with van der Waals surface area (Å²) in [4.78, 5) is 0. The third-order valence-electron chi connectivity index (χ3n) is 3.12. The molecule has 0 radical (unpaired) electrons. The maximum absolute atomic E-state index is 5.85. The zero-order valence-corrected chi connectivity index (χ0v) is 11.4. The Kier molecular flexibility index (Phi) is 5.29. The van der Waals surface area contributed by atoms with Gasteiger partial charge in [-0.15, -0.1) is 12.4 Å². The highest BCUT2D eigenvalue weighted by molar-refractivity contribution is 5.85. The molecule has 1 aromatic carbocycles. The molecule has 17 heavy (non-hydrogen) atoms. The Hall–Kier alpha value is -0.730. The summed E-state index contributed by atoms with van der Waals surface area (Å²) in [5, 5.41) is 0. The average Bonchev–Trinajstić information content (AvgIpc) is 3.06. The van der Waals surface area contributed by atoms with Crippen molar-refractivity contribution in [1.29, 1.82) is 0 Å². The second kappa shape index (κ2) is 6.27. The second-order valence-electron chi connectivity index (χ2n) is 5.08. The monoisotopic (exact) mass is 255 g/mol. The van der Waals surface area contributed by atoms with E-state index in [1.165, 1.54) is 12.0 Å². The predicted molar refractivity (Wildman–Crippen MR) is 73.9 cm³/mol. The van der Waals surface area contributed by atoms with Gasteiger partial charge < -0.3 is 10.5 Å². The van der Waals surface area contributed by atoms with Gasteiger partial charge in [-0.3, -0.25) is 0 Å². The number of benzene rings is 1. The van der Waals surface area contributed by atoms with Gasteiger partial charge >= 0.3 is 0 Å². The molecule has 1 aliphatic rings. The Morgan fingerprint density at radius 1 is 1.35 bits per heavy atom. The van der Waals surface area contributed by atoms with Crippen LogP contribution in [-0.4, -0.2) is 13.2 Å². The van der Waals surface area contributed by atoms with Crippen LogP contribution in [0.5, 0.6) is 5.75 Å². The van der Waals surface area contributed by atoms with Crippen molar-refractivity contribution in [2.45, 2.75) is 26.2 Å². The molecule has 2 nitrogen and oxygen atoms in total. The number of rotatable bonds is 5. The quantitative estimate of drug-likeness (QED) is 0.877. The van der Waals surface area contributed by atoms with Gasteiger partial charge in [0.25, 0.3) is 0 Å². The fraction of sp³-hybridized carbons (Fsp3) is 0.571. The first-order chi connectivity index (χ1) is 7.72. The van der Waals surface area contributed by atoms with E-state index < -0.39 is 0 Å². The molecule has 2 rings (SSSR count). The van der Waals surface area contributed by atoms with Crippen LogP contribution in [0.25, 0.3) is 0 Å². The molecule has 0 bridgehead atoms. The zero-order chi connectivity index (χ0) is 11.5. The molecule has 0 saturated heterocycles.